The zero-order chi connectivity index (χ0) is 23.8. The van der Waals surface area contributed by atoms with Gasteiger partial charge in [-0.2, -0.15) is 10.1 Å². The first kappa shape index (κ1) is 22.0. The Hall–Kier alpha value is -3.79. The van der Waals surface area contributed by atoms with Gasteiger partial charge in [-0.15, -0.1) is 0 Å². The number of allylic oxidation sites excluding steroid dienone is 1. The van der Waals surface area contributed by atoms with Crippen LogP contribution in [0.3, 0.4) is 0 Å². The number of aromatic nitrogens is 5. The van der Waals surface area contributed by atoms with Crippen LogP contribution in [0.2, 0.25) is 0 Å². The van der Waals surface area contributed by atoms with E-state index in [9.17, 15) is 4.79 Å². The van der Waals surface area contributed by atoms with E-state index >= 15 is 0 Å². The number of furan rings is 1. The number of pyridine rings is 1. The van der Waals surface area contributed by atoms with Crippen LogP contribution in [0.5, 0.6) is 0 Å². The number of ether oxygens (including phenoxy) is 1. The Morgan fingerprint density at radius 1 is 1.38 bits per heavy atom. The van der Waals surface area contributed by atoms with Gasteiger partial charge in [-0.1, -0.05) is 6.92 Å². The standard InChI is InChI=1S/C24H27N7O3/c1-4-17-7-16(5-6-33-17)31-22-18-8-19(15-11-28-30(3)13-15)27-12-20(18)34-23(22)21(29-24(31)32)14(9-25)10-26-2/h8-13,16-17,25-26H,4-7H2,1-3H3/b14-10+,25-9?/t16-,17-/m0/s1. The second-order valence-electron chi connectivity index (χ2n) is 8.47. The quantitative estimate of drug-likeness (QED) is 0.422. The molecular weight excluding hydrogens is 434 g/mol. The number of hydrogen-bond acceptors (Lipinski definition) is 8. The number of nitrogens with zero attached hydrogens (tertiary/aromatic N) is 5. The van der Waals surface area contributed by atoms with Gasteiger partial charge in [0.15, 0.2) is 11.2 Å². The lowest BCUT2D eigenvalue weighted by Gasteiger charge is -2.30. The normalized spacial score (nSPS) is 19.1. The molecule has 34 heavy (non-hydrogen) atoms. The number of aryl methyl sites for hydroxylation is 1. The van der Waals surface area contributed by atoms with Crippen molar-refractivity contribution in [2.45, 2.75) is 38.3 Å². The van der Waals surface area contributed by atoms with Gasteiger partial charge < -0.3 is 19.9 Å². The highest BCUT2D eigenvalue weighted by atomic mass is 16.5. The molecule has 10 nitrogen and oxygen atoms in total. The maximum Gasteiger partial charge on any atom is 0.349 e. The van der Waals surface area contributed by atoms with Crippen molar-refractivity contribution in [1.82, 2.24) is 29.6 Å². The predicted octanol–water partition coefficient (Wildman–Crippen LogP) is 3.28. The minimum Gasteiger partial charge on any atom is -0.450 e. The lowest BCUT2D eigenvalue weighted by molar-refractivity contribution is -0.00711. The maximum atomic E-state index is 13.5. The van der Waals surface area contributed by atoms with E-state index in [0.717, 1.165) is 35.7 Å². The highest BCUT2D eigenvalue weighted by Crippen LogP contribution is 2.36. The fourth-order valence-electron chi connectivity index (χ4n) is 4.64. The first-order chi connectivity index (χ1) is 16.5. The van der Waals surface area contributed by atoms with E-state index < -0.39 is 0 Å². The molecule has 0 aliphatic carbocycles. The molecule has 10 heteroatoms. The number of rotatable bonds is 6. The summed E-state index contributed by atoms with van der Waals surface area (Å²) in [4.78, 5) is 22.4. The van der Waals surface area contributed by atoms with E-state index in [-0.39, 0.29) is 17.8 Å². The Morgan fingerprint density at radius 2 is 2.24 bits per heavy atom. The van der Waals surface area contributed by atoms with Gasteiger partial charge in [0.2, 0.25) is 0 Å². The summed E-state index contributed by atoms with van der Waals surface area (Å²) in [5, 5.41) is 15.8. The van der Waals surface area contributed by atoms with E-state index in [1.165, 1.54) is 0 Å². The molecule has 0 spiro atoms. The monoisotopic (exact) mass is 461 g/mol. The van der Waals surface area contributed by atoms with Crippen LogP contribution in [-0.4, -0.2) is 50.3 Å². The maximum absolute atomic E-state index is 13.5. The summed E-state index contributed by atoms with van der Waals surface area (Å²) < 4.78 is 15.6. The molecule has 5 heterocycles. The molecule has 2 atom stereocenters. The van der Waals surface area contributed by atoms with Crippen LogP contribution in [0.4, 0.5) is 0 Å². The van der Waals surface area contributed by atoms with Gasteiger partial charge in [0, 0.05) is 61.9 Å². The van der Waals surface area contributed by atoms with Crippen molar-refractivity contribution in [1.29, 1.82) is 5.41 Å². The summed E-state index contributed by atoms with van der Waals surface area (Å²) in [6.45, 7) is 2.67. The van der Waals surface area contributed by atoms with Crippen LogP contribution in [0, 0.1) is 5.41 Å². The summed E-state index contributed by atoms with van der Waals surface area (Å²) in [5.41, 5.74) is 3.71. The molecule has 1 fully saturated rings. The van der Waals surface area contributed by atoms with E-state index in [1.807, 2.05) is 19.3 Å². The Morgan fingerprint density at radius 3 is 2.94 bits per heavy atom. The molecule has 0 radical (unpaired) electrons. The van der Waals surface area contributed by atoms with Crippen molar-refractivity contribution in [3.05, 3.63) is 47.0 Å². The van der Waals surface area contributed by atoms with Crippen molar-refractivity contribution in [2.75, 3.05) is 13.7 Å². The predicted molar refractivity (Wildman–Crippen MR) is 130 cm³/mol. The first-order valence-corrected chi connectivity index (χ1v) is 11.4. The Balaban J connectivity index is 1.82. The number of nitrogens with one attached hydrogen (secondary N) is 2. The van der Waals surface area contributed by atoms with Gasteiger partial charge in [-0.3, -0.25) is 14.2 Å². The summed E-state index contributed by atoms with van der Waals surface area (Å²) in [5.74, 6) is 0. The molecule has 4 aromatic rings. The van der Waals surface area contributed by atoms with Crippen LogP contribution in [0.15, 0.2) is 40.1 Å². The fraction of sp³-hybridized carbons (Fsp3) is 0.375. The third-order valence-corrected chi connectivity index (χ3v) is 6.31. The molecule has 1 aliphatic heterocycles. The van der Waals surface area contributed by atoms with E-state index in [1.54, 1.807) is 34.9 Å². The van der Waals surface area contributed by atoms with Crippen molar-refractivity contribution in [3.63, 3.8) is 0 Å². The van der Waals surface area contributed by atoms with Crippen LogP contribution in [0.25, 0.3) is 38.9 Å². The van der Waals surface area contributed by atoms with Crippen LogP contribution in [-0.2, 0) is 11.8 Å². The smallest absolute Gasteiger partial charge is 0.349 e. The average Bonchev–Trinajstić information content (AvgIpc) is 3.45. The van der Waals surface area contributed by atoms with E-state index in [4.69, 9.17) is 14.6 Å². The highest BCUT2D eigenvalue weighted by Gasteiger charge is 2.29. The van der Waals surface area contributed by atoms with Gasteiger partial charge >= 0.3 is 5.69 Å². The Kier molecular flexibility index (Phi) is 5.74. The van der Waals surface area contributed by atoms with Crippen LogP contribution >= 0.6 is 0 Å². The molecule has 1 saturated heterocycles. The number of fused-ring (bicyclic) bond motifs is 3. The van der Waals surface area contributed by atoms with E-state index in [0.29, 0.717) is 41.0 Å². The SMILES string of the molecule is CC[C@H]1C[C@@H](n2c(=O)nc(/C(C=N)=C/NC)c3oc4cnc(-c5cnn(C)c5)cc4c32)CCO1. The molecule has 0 bridgehead atoms. The Bertz CT molecular complexity index is 1460. The minimum atomic E-state index is -0.365. The molecule has 2 N–H and O–H groups in total. The second-order valence-corrected chi connectivity index (χ2v) is 8.47. The molecule has 0 amide bonds. The average molecular weight is 462 g/mol. The van der Waals surface area contributed by atoms with Crippen LogP contribution < -0.4 is 11.0 Å². The van der Waals surface area contributed by atoms with Crippen LogP contribution in [0.1, 0.15) is 37.9 Å². The summed E-state index contributed by atoms with van der Waals surface area (Å²) in [6.07, 6.45) is 10.5. The van der Waals surface area contributed by atoms with Crippen molar-refractivity contribution < 1.29 is 9.15 Å². The van der Waals surface area contributed by atoms with E-state index in [2.05, 4.69) is 27.3 Å². The molecule has 0 unspecified atom stereocenters. The lowest BCUT2D eigenvalue weighted by Crippen LogP contribution is -2.34. The molecule has 4 aromatic heterocycles. The summed E-state index contributed by atoms with van der Waals surface area (Å²) >= 11 is 0. The fourth-order valence-corrected chi connectivity index (χ4v) is 4.64. The Labute approximate surface area is 195 Å². The molecule has 0 saturated carbocycles. The molecule has 0 aromatic carbocycles. The third-order valence-electron chi connectivity index (χ3n) is 6.31. The van der Waals surface area contributed by atoms with Crippen molar-refractivity contribution >= 4 is 33.9 Å². The minimum absolute atomic E-state index is 0.0669. The summed E-state index contributed by atoms with van der Waals surface area (Å²) in [7, 11) is 3.59. The first-order valence-electron chi connectivity index (χ1n) is 11.4. The third kappa shape index (κ3) is 3.69. The van der Waals surface area contributed by atoms with Gasteiger partial charge in [-0.05, 0) is 25.3 Å². The lowest BCUT2D eigenvalue weighted by atomic mass is 10.0. The van der Waals surface area contributed by atoms with Gasteiger partial charge in [0.25, 0.3) is 0 Å². The molecule has 176 valence electrons. The topological polar surface area (TPSA) is 124 Å². The van der Waals surface area contributed by atoms with Crippen molar-refractivity contribution in [3.8, 4) is 11.3 Å². The van der Waals surface area contributed by atoms with Crippen molar-refractivity contribution in [2.24, 2.45) is 7.05 Å². The van der Waals surface area contributed by atoms with Gasteiger partial charge in [-0.25, -0.2) is 4.79 Å². The number of hydrogen-bond donors (Lipinski definition) is 2. The zero-order valence-corrected chi connectivity index (χ0v) is 19.4. The summed E-state index contributed by atoms with van der Waals surface area (Å²) in [6, 6.07) is 1.86. The molecule has 1 aliphatic rings. The van der Waals surface area contributed by atoms with Gasteiger partial charge in [0.1, 0.15) is 11.2 Å². The zero-order valence-electron chi connectivity index (χ0n) is 19.4. The molecule has 5 rings (SSSR count). The largest absolute Gasteiger partial charge is 0.450 e. The van der Waals surface area contributed by atoms with Gasteiger partial charge in [0.05, 0.1) is 24.2 Å². The highest BCUT2D eigenvalue weighted by molar-refractivity contribution is 6.14. The molecular formula is C24H27N7O3. The second kappa shape index (κ2) is 8.86.